The molecule has 4 aromatic rings. The predicted octanol–water partition coefficient (Wildman–Crippen LogP) is 3.05. The SMILES string of the molecule is Cc1cc(C)n2nc(C(=O)O[C@@H](C)C(=O)Nc3nc(-c4ccccc4)cs3)nc2n1. The molecule has 0 spiro atoms. The van der Waals surface area contributed by atoms with Gasteiger partial charge in [-0.15, -0.1) is 16.4 Å². The van der Waals surface area contributed by atoms with Crippen molar-refractivity contribution in [3.05, 3.63) is 59.0 Å². The summed E-state index contributed by atoms with van der Waals surface area (Å²) in [6, 6.07) is 11.5. The molecule has 1 N–H and O–H groups in total. The molecule has 0 bridgehead atoms. The van der Waals surface area contributed by atoms with E-state index < -0.39 is 18.0 Å². The first kappa shape index (κ1) is 19.6. The van der Waals surface area contributed by atoms with Crippen molar-refractivity contribution in [2.75, 3.05) is 5.32 Å². The Hall–Kier alpha value is -3.66. The van der Waals surface area contributed by atoms with Crippen LogP contribution in [0.15, 0.2) is 41.8 Å². The molecule has 3 aromatic heterocycles. The number of hydrogen-bond donors (Lipinski definition) is 1. The summed E-state index contributed by atoms with van der Waals surface area (Å²) in [6.07, 6.45) is -1.05. The number of carbonyl (C=O) groups is 2. The Labute approximate surface area is 175 Å². The van der Waals surface area contributed by atoms with Gasteiger partial charge in [-0.1, -0.05) is 30.3 Å². The Kier molecular flexibility index (Phi) is 5.23. The summed E-state index contributed by atoms with van der Waals surface area (Å²) < 4.78 is 6.67. The highest BCUT2D eigenvalue weighted by Crippen LogP contribution is 2.24. The van der Waals surface area contributed by atoms with Gasteiger partial charge in [0.2, 0.25) is 0 Å². The molecule has 152 valence electrons. The van der Waals surface area contributed by atoms with Crippen molar-refractivity contribution in [3.63, 3.8) is 0 Å². The van der Waals surface area contributed by atoms with E-state index in [2.05, 4.69) is 25.4 Å². The van der Waals surface area contributed by atoms with Crippen molar-refractivity contribution in [2.24, 2.45) is 0 Å². The fourth-order valence-electron chi connectivity index (χ4n) is 2.80. The molecule has 9 nitrogen and oxygen atoms in total. The number of hydrogen-bond acceptors (Lipinski definition) is 8. The fraction of sp³-hybridized carbons (Fsp3) is 0.200. The van der Waals surface area contributed by atoms with Crippen LogP contribution in [0.4, 0.5) is 5.13 Å². The normalized spacial score (nSPS) is 12.0. The van der Waals surface area contributed by atoms with E-state index in [1.807, 2.05) is 55.6 Å². The van der Waals surface area contributed by atoms with Crippen molar-refractivity contribution in [1.29, 1.82) is 0 Å². The van der Waals surface area contributed by atoms with Gasteiger partial charge in [0, 0.05) is 22.3 Å². The highest BCUT2D eigenvalue weighted by molar-refractivity contribution is 7.14. The standard InChI is InChI=1S/C20H18N6O3S/c1-11-9-12(2)26-19(21-11)23-16(25-26)18(28)29-13(3)17(27)24-20-22-15(10-30-20)14-7-5-4-6-8-14/h4-10,13H,1-3H3,(H,22,24,27)/t13-/m0/s1. The summed E-state index contributed by atoms with van der Waals surface area (Å²) in [7, 11) is 0. The van der Waals surface area contributed by atoms with Crippen molar-refractivity contribution in [2.45, 2.75) is 26.9 Å². The Bertz CT molecular complexity index is 1230. The van der Waals surface area contributed by atoms with Crippen LogP contribution in [0.1, 0.15) is 28.9 Å². The maximum absolute atomic E-state index is 12.4. The predicted molar refractivity (Wildman–Crippen MR) is 111 cm³/mol. The van der Waals surface area contributed by atoms with E-state index >= 15 is 0 Å². The third-order valence-corrected chi connectivity index (χ3v) is 5.02. The van der Waals surface area contributed by atoms with Gasteiger partial charge in [-0.2, -0.15) is 4.98 Å². The third-order valence-electron chi connectivity index (χ3n) is 4.26. The second kappa shape index (κ2) is 7.99. The van der Waals surface area contributed by atoms with Crippen LogP contribution in [-0.2, 0) is 9.53 Å². The number of nitrogens with zero attached hydrogens (tertiary/aromatic N) is 5. The number of aromatic nitrogens is 5. The number of rotatable bonds is 5. The highest BCUT2D eigenvalue weighted by atomic mass is 32.1. The van der Waals surface area contributed by atoms with Crippen LogP contribution < -0.4 is 5.32 Å². The van der Waals surface area contributed by atoms with E-state index in [9.17, 15) is 9.59 Å². The summed E-state index contributed by atoms with van der Waals surface area (Å²) in [5.74, 6) is -1.15. The molecule has 1 aromatic carbocycles. The van der Waals surface area contributed by atoms with Gasteiger partial charge in [-0.25, -0.2) is 19.3 Å². The van der Waals surface area contributed by atoms with Crippen molar-refractivity contribution >= 4 is 34.1 Å². The van der Waals surface area contributed by atoms with Crippen LogP contribution in [0.3, 0.4) is 0 Å². The van der Waals surface area contributed by atoms with E-state index in [4.69, 9.17) is 4.74 Å². The van der Waals surface area contributed by atoms with Gasteiger partial charge in [0.25, 0.3) is 17.5 Å². The Morgan fingerprint density at radius 3 is 2.67 bits per heavy atom. The molecule has 10 heteroatoms. The van der Waals surface area contributed by atoms with Gasteiger partial charge in [0.1, 0.15) is 0 Å². The number of anilines is 1. The monoisotopic (exact) mass is 422 g/mol. The van der Waals surface area contributed by atoms with Crippen LogP contribution >= 0.6 is 11.3 Å². The molecule has 3 heterocycles. The van der Waals surface area contributed by atoms with Crippen LogP contribution in [0, 0.1) is 13.8 Å². The lowest BCUT2D eigenvalue weighted by Crippen LogP contribution is -2.30. The zero-order valence-corrected chi connectivity index (χ0v) is 17.3. The minimum atomic E-state index is -1.05. The summed E-state index contributed by atoms with van der Waals surface area (Å²) >= 11 is 1.29. The minimum absolute atomic E-state index is 0.156. The Morgan fingerprint density at radius 1 is 1.13 bits per heavy atom. The molecule has 4 rings (SSSR count). The average molecular weight is 422 g/mol. The first-order valence-corrected chi connectivity index (χ1v) is 10.0. The number of fused-ring (bicyclic) bond motifs is 1. The molecule has 0 radical (unpaired) electrons. The number of esters is 1. The lowest BCUT2D eigenvalue weighted by atomic mass is 10.2. The highest BCUT2D eigenvalue weighted by Gasteiger charge is 2.23. The van der Waals surface area contributed by atoms with Gasteiger partial charge in [0.15, 0.2) is 11.2 Å². The van der Waals surface area contributed by atoms with Gasteiger partial charge < -0.3 is 4.74 Å². The van der Waals surface area contributed by atoms with Crippen molar-refractivity contribution in [1.82, 2.24) is 24.6 Å². The van der Waals surface area contributed by atoms with Gasteiger partial charge in [-0.3, -0.25) is 10.1 Å². The quantitative estimate of drug-likeness (QED) is 0.492. The smallest absolute Gasteiger partial charge is 0.379 e. The van der Waals surface area contributed by atoms with Crippen LogP contribution in [0.25, 0.3) is 17.0 Å². The number of carbonyl (C=O) groups excluding carboxylic acids is 2. The number of thiazole rings is 1. The van der Waals surface area contributed by atoms with Crippen LogP contribution in [0.5, 0.6) is 0 Å². The second-order valence-corrected chi connectivity index (χ2v) is 7.48. The Morgan fingerprint density at radius 2 is 1.90 bits per heavy atom. The van der Waals surface area contributed by atoms with E-state index in [0.29, 0.717) is 10.9 Å². The lowest BCUT2D eigenvalue weighted by Gasteiger charge is -2.10. The number of ether oxygens (including phenoxy) is 1. The van der Waals surface area contributed by atoms with E-state index in [0.717, 1.165) is 22.6 Å². The summed E-state index contributed by atoms with van der Waals surface area (Å²) in [4.78, 5) is 37.5. The van der Waals surface area contributed by atoms with Crippen LogP contribution in [0.2, 0.25) is 0 Å². The molecule has 0 unspecified atom stereocenters. The summed E-state index contributed by atoms with van der Waals surface area (Å²) in [5.41, 5.74) is 3.25. The topological polar surface area (TPSA) is 111 Å². The molecular formula is C20H18N6O3S. The first-order chi connectivity index (χ1) is 14.4. The second-order valence-electron chi connectivity index (χ2n) is 6.63. The summed E-state index contributed by atoms with van der Waals surface area (Å²) in [6.45, 7) is 5.13. The molecule has 30 heavy (non-hydrogen) atoms. The zero-order valence-electron chi connectivity index (χ0n) is 16.5. The van der Waals surface area contributed by atoms with Crippen molar-refractivity contribution in [3.8, 4) is 11.3 Å². The largest absolute Gasteiger partial charge is 0.447 e. The summed E-state index contributed by atoms with van der Waals surface area (Å²) in [5, 5.41) is 9.04. The third kappa shape index (κ3) is 4.03. The number of benzene rings is 1. The molecule has 0 aliphatic carbocycles. The van der Waals surface area contributed by atoms with Crippen molar-refractivity contribution < 1.29 is 14.3 Å². The average Bonchev–Trinajstić information content (AvgIpc) is 3.36. The molecule has 0 fully saturated rings. The molecular weight excluding hydrogens is 404 g/mol. The molecule has 0 saturated heterocycles. The number of aryl methyl sites for hydroxylation is 2. The van der Waals surface area contributed by atoms with Gasteiger partial charge in [0.05, 0.1) is 5.69 Å². The van der Waals surface area contributed by atoms with Crippen LogP contribution in [-0.4, -0.2) is 42.5 Å². The maximum atomic E-state index is 12.4. The maximum Gasteiger partial charge on any atom is 0.379 e. The number of nitrogens with one attached hydrogen (secondary N) is 1. The Balaban J connectivity index is 1.42. The zero-order chi connectivity index (χ0) is 21.3. The van der Waals surface area contributed by atoms with E-state index in [1.165, 1.54) is 22.8 Å². The van der Waals surface area contributed by atoms with E-state index in [-0.39, 0.29) is 5.82 Å². The molecule has 0 aliphatic rings. The molecule has 0 aliphatic heterocycles. The lowest BCUT2D eigenvalue weighted by molar-refractivity contribution is -0.123. The number of amides is 1. The van der Waals surface area contributed by atoms with Gasteiger partial charge >= 0.3 is 5.97 Å². The van der Waals surface area contributed by atoms with E-state index in [1.54, 1.807) is 0 Å². The minimum Gasteiger partial charge on any atom is -0.447 e. The first-order valence-electron chi connectivity index (χ1n) is 9.14. The fourth-order valence-corrected chi connectivity index (χ4v) is 3.52. The molecule has 1 atom stereocenters. The molecule has 1 amide bonds. The van der Waals surface area contributed by atoms with Gasteiger partial charge in [-0.05, 0) is 26.8 Å². The molecule has 0 saturated carbocycles.